The summed E-state index contributed by atoms with van der Waals surface area (Å²) in [5.41, 5.74) is 1.49. The molecule has 2 N–H and O–H groups in total. The topological polar surface area (TPSA) is 73.1 Å². The zero-order valence-electron chi connectivity index (χ0n) is 12.8. The van der Waals surface area contributed by atoms with Crippen LogP contribution in [0.3, 0.4) is 0 Å². The maximum atomic E-state index is 10.6. The van der Waals surface area contributed by atoms with Crippen molar-refractivity contribution in [1.29, 1.82) is 5.26 Å². The van der Waals surface area contributed by atoms with E-state index in [1.165, 1.54) is 0 Å². The first-order valence-corrected chi connectivity index (χ1v) is 8.15. The minimum atomic E-state index is -0.754. The molecule has 0 atom stereocenters. The number of nitriles is 1. The molecule has 0 saturated heterocycles. The fraction of sp³-hybridized carbons (Fsp3) is 0.500. The summed E-state index contributed by atoms with van der Waals surface area (Å²) < 4.78 is 0. The largest absolute Gasteiger partial charge is 0.481 e. The van der Waals surface area contributed by atoms with Crippen LogP contribution in [0.25, 0.3) is 0 Å². The lowest BCUT2D eigenvalue weighted by atomic mass is 9.84. The van der Waals surface area contributed by atoms with Gasteiger partial charge in [-0.05, 0) is 36.6 Å². The van der Waals surface area contributed by atoms with Gasteiger partial charge in [-0.1, -0.05) is 19.9 Å². The molecule has 114 valence electrons. The van der Waals surface area contributed by atoms with Crippen LogP contribution >= 0.6 is 11.8 Å². The number of carboxylic acid groups (broad SMARTS) is 1. The average molecular weight is 306 g/mol. The van der Waals surface area contributed by atoms with Crippen molar-refractivity contribution in [2.75, 3.05) is 18.1 Å². The van der Waals surface area contributed by atoms with Gasteiger partial charge in [-0.2, -0.15) is 5.26 Å². The van der Waals surface area contributed by atoms with E-state index in [0.717, 1.165) is 23.5 Å². The van der Waals surface area contributed by atoms with Gasteiger partial charge in [-0.15, -0.1) is 11.8 Å². The number of nitrogens with zero attached hydrogens (tertiary/aromatic N) is 1. The van der Waals surface area contributed by atoms with Gasteiger partial charge in [0.15, 0.2) is 0 Å². The number of benzene rings is 1. The van der Waals surface area contributed by atoms with Crippen molar-refractivity contribution in [1.82, 2.24) is 0 Å². The molecule has 0 unspecified atom stereocenters. The number of carbonyl (C=O) groups is 1. The number of carboxylic acids is 1. The van der Waals surface area contributed by atoms with Crippen LogP contribution < -0.4 is 5.32 Å². The van der Waals surface area contributed by atoms with Crippen LogP contribution in [0.1, 0.15) is 38.7 Å². The molecule has 21 heavy (non-hydrogen) atoms. The van der Waals surface area contributed by atoms with Crippen molar-refractivity contribution in [3.63, 3.8) is 0 Å². The number of hydrogen-bond acceptors (Lipinski definition) is 4. The van der Waals surface area contributed by atoms with Gasteiger partial charge >= 0.3 is 5.97 Å². The second kappa shape index (κ2) is 7.94. The fourth-order valence-electron chi connectivity index (χ4n) is 2.07. The van der Waals surface area contributed by atoms with Gasteiger partial charge in [0.2, 0.25) is 0 Å². The molecular formula is C16H22N2O2S. The Morgan fingerprint density at radius 1 is 1.43 bits per heavy atom. The van der Waals surface area contributed by atoms with Crippen LogP contribution in [0.15, 0.2) is 23.1 Å². The van der Waals surface area contributed by atoms with Gasteiger partial charge in [0.1, 0.15) is 6.07 Å². The first-order chi connectivity index (χ1) is 9.89. The van der Waals surface area contributed by atoms with Gasteiger partial charge in [0.25, 0.3) is 0 Å². The Hall–Kier alpha value is -1.67. The molecule has 0 aliphatic carbocycles. The van der Waals surface area contributed by atoms with Crippen LogP contribution in [0.2, 0.25) is 0 Å². The molecule has 0 saturated carbocycles. The molecule has 1 aromatic carbocycles. The minimum absolute atomic E-state index is 0.0324. The standard InChI is InChI=1S/C16H22N2O2S/c1-16(2,8-7-15(19)20)9-10-18-13-5-4-6-14(21-3)12(13)11-17/h4-6,18H,7-10H2,1-3H3,(H,19,20). The molecule has 0 bridgehead atoms. The molecule has 0 aliphatic heterocycles. The Balaban J connectivity index is 2.60. The first-order valence-electron chi connectivity index (χ1n) is 6.92. The maximum Gasteiger partial charge on any atom is 0.303 e. The van der Waals surface area contributed by atoms with Crippen molar-refractivity contribution in [3.8, 4) is 6.07 Å². The first kappa shape index (κ1) is 17.4. The van der Waals surface area contributed by atoms with Crippen molar-refractivity contribution < 1.29 is 9.90 Å². The van der Waals surface area contributed by atoms with E-state index in [9.17, 15) is 10.1 Å². The van der Waals surface area contributed by atoms with Crippen LogP contribution in [0, 0.1) is 16.7 Å². The molecule has 5 heteroatoms. The predicted octanol–water partition coefficient (Wildman–Crippen LogP) is 3.97. The molecule has 0 aliphatic rings. The molecule has 0 spiro atoms. The van der Waals surface area contributed by atoms with Crippen molar-refractivity contribution >= 4 is 23.4 Å². The number of hydrogen-bond donors (Lipinski definition) is 2. The normalized spacial score (nSPS) is 11.0. The number of rotatable bonds is 8. The Morgan fingerprint density at radius 2 is 2.14 bits per heavy atom. The predicted molar refractivity (Wildman–Crippen MR) is 86.7 cm³/mol. The van der Waals surface area contributed by atoms with E-state index in [2.05, 4.69) is 25.2 Å². The molecule has 1 rings (SSSR count). The SMILES string of the molecule is CSc1cccc(NCCC(C)(C)CCC(=O)O)c1C#N. The lowest BCUT2D eigenvalue weighted by Crippen LogP contribution is -2.18. The van der Waals surface area contributed by atoms with Crippen LogP contribution in [-0.2, 0) is 4.79 Å². The van der Waals surface area contributed by atoms with Crippen molar-refractivity contribution in [2.45, 2.75) is 38.0 Å². The Kier molecular flexibility index (Phi) is 6.57. The molecular weight excluding hydrogens is 284 g/mol. The zero-order chi connectivity index (χ0) is 15.9. The van der Waals surface area contributed by atoms with E-state index in [1.807, 2.05) is 24.5 Å². The van der Waals surface area contributed by atoms with Gasteiger partial charge in [-0.3, -0.25) is 4.79 Å². The summed E-state index contributed by atoms with van der Waals surface area (Å²) in [5, 5.41) is 21.3. The molecule has 1 aromatic rings. The summed E-state index contributed by atoms with van der Waals surface area (Å²) in [6, 6.07) is 8.02. The highest BCUT2D eigenvalue weighted by molar-refractivity contribution is 7.98. The van der Waals surface area contributed by atoms with Crippen molar-refractivity contribution in [2.24, 2.45) is 5.41 Å². The van der Waals surface area contributed by atoms with E-state index in [1.54, 1.807) is 11.8 Å². The smallest absolute Gasteiger partial charge is 0.303 e. The van der Waals surface area contributed by atoms with Gasteiger partial charge in [0, 0.05) is 17.9 Å². The summed E-state index contributed by atoms with van der Waals surface area (Å²) in [7, 11) is 0. The molecule has 4 nitrogen and oxygen atoms in total. The second-order valence-electron chi connectivity index (χ2n) is 5.73. The fourth-order valence-corrected chi connectivity index (χ4v) is 2.64. The summed E-state index contributed by atoms with van der Waals surface area (Å²) >= 11 is 1.56. The van der Waals surface area contributed by atoms with Crippen LogP contribution in [0.5, 0.6) is 0 Å². The van der Waals surface area contributed by atoms with Gasteiger partial charge in [0.05, 0.1) is 11.3 Å². The summed E-state index contributed by atoms with van der Waals surface area (Å²) in [6.45, 7) is 4.86. The molecule has 0 fully saturated rings. The third kappa shape index (κ3) is 5.68. The van der Waals surface area contributed by atoms with Gasteiger partial charge in [-0.25, -0.2) is 0 Å². The number of thioether (sulfide) groups is 1. The van der Waals surface area contributed by atoms with Gasteiger partial charge < -0.3 is 10.4 Å². The van der Waals surface area contributed by atoms with E-state index in [-0.39, 0.29) is 11.8 Å². The third-order valence-electron chi connectivity index (χ3n) is 3.49. The highest BCUT2D eigenvalue weighted by Crippen LogP contribution is 2.29. The van der Waals surface area contributed by atoms with E-state index in [4.69, 9.17) is 5.11 Å². The highest BCUT2D eigenvalue weighted by Gasteiger charge is 2.19. The molecule has 0 radical (unpaired) electrons. The summed E-state index contributed by atoms with van der Waals surface area (Å²) in [4.78, 5) is 11.6. The van der Waals surface area contributed by atoms with E-state index < -0.39 is 5.97 Å². The molecule has 0 heterocycles. The maximum absolute atomic E-state index is 10.6. The average Bonchev–Trinajstić information content (AvgIpc) is 2.44. The molecule has 0 amide bonds. The Labute approximate surface area is 130 Å². The third-order valence-corrected chi connectivity index (χ3v) is 4.27. The lowest BCUT2D eigenvalue weighted by molar-refractivity contribution is -0.137. The number of nitrogens with one attached hydrogen (secondary N) is 1. The number of aliphatic carboxylic acids is 1. The van der Waals surface area contributed by atoms with E-state index in [0.29, 0.717) is 12.0 Å². The highest BCUT2D eigenvalue weighted by atomic mass is 32.2. The van der Waals surface area contributed by atoms with Crippen LogP contribution in [-0.4, -0.2) is 23.9 Å². The lowest BCUT2D eigenvalue weighted by Gasteiger charge is -2.24. The zero-order valence-corrected chi connectivity index (χ0v) is 13.6. The van der Waals surface area contributed by atoms with Crippen molar-refractivity contribution in [3.05, 3.63) is 23.8 Å². The number of anilines is 1. The Morgan fingerprint density at radius 3 is 2.71 bits per heavy atom. The summed E-state index contributed by atoms with van der Waals surface area (Å²) in [5.74, 6) is -0.754. The van der Waals surface area contributed by atoms with E-state index >= 15 is 0 Å². The monoisotopic (exact) mass is 306 g/mol. The second-order valence-corrected chi connectivity index (χ2v) is 6.58. The van der Waals surface area contributed by atoms with Crippen LogP contribution in [0.4, 0.5) is 5.69 Å². The molecule has 0 aromatic heterocycles. The Bertz CT molecular complexity index is 536. The quantitative estimate of drug-likeness (QED) is 0.711. The summed E-state index contributed by atoms with van der Waals surface area (Å²) in [6.07, 6.45) is 3.65. The minimum Gasteiger partial charge on any atom is -0.481 e.